The minimum Gasteiger partial charge on any atom is -0.454 e. The van der Waals surface area contributed by atoms with E-state index in [2.05, 4.69) is 22.0 Å². The van der Waals surface area contributed by atoms with Crippen molar-refractivity contribution in [2.24, 2.45) is 5.41 Å². The quantitative estimate of drug-likeness (QED) is 0.503. The molecule has 192 valence electrons. The van der Waals surface area contributed by atoms with E-state index >= 15 is 0 Å². The summed E-state index contributed by atoms with van der Waals surface area (Å²) in [4.78, 5) is 16.2. The van der Waals surface area contributed by atoms with Gasteiger partial charge in [-0.3, -0.25) is 4.79 Å². The van der Waals surface area contributed by atoms with Crippen molar-refractivity contribution in [1.29, 1.82) is 0 Å². The number of nitrogens with one attached hydrogen (secondary N) is 1. The third-order valence-corrected chi connectivity index (χ3v) is 9.97. The van der Waals surface area contributed by atoms with E-state index in [1.807, 2.05) is 24.3 Å². The van der Waals surface area contributed by atoms with Crippen molar-refractivity contribution in [3.05, 3.63) is 29.8 Å². The highest BCUT2D eigenvalue weighted by Crippen LogP contribution is 2.44. The van der Waals surface area contributed by atoms with E-state index in [9.17, 15) is 4.79 Å². The summed E-state index contributed by atoms with van der Waals surface area (Å²) < 4.78 is 11.0. The Bertz CT molecular complexity index is 873. The van der Waals surface area contributed by atoms with Gasteiger partial charge in [-0.05, 0) is 73.6 Å². The molecule has 0 radical (unpaired) electrons. The largest absolute Gasteiger partial charge is 0.454 e. The van der Waals surface area contributed by atoms with Crippen LogP contribution in [0.2, 0.25) is 0 Å². The Labute approximate surface area is 215 Å². The first-order valence-corrected chi connectivity index (χ1v) is 15.0. The van der Waals surface area contributed by atoms with Gasteiger partial charge in [-0.15, -0.1) is 0 Å². The van der Waals surface area contributed by atoms with E-state index in [4.69, 9.17) is 9.47 Å². The van der Waals surface area contributed by atoms with Crippen molar-refractivity contribution in [3.63, 3.8) is 0 Å². The second-order valence-corrected chi connectivity index (χ2v) is 12.3. The van der Waals surface area contributed by atoms with Crippen LogP contribution in [0.1, 0.15) is 82.6 Å². The zero-order valence-electron chi connectivity index (χ0n) is 21.1. The third kappa shape index (κ3) is 6.19. The molecule has 1 saturated carbocycles. The molecule has 1 N–H and O–H groups in total. The topological polar surface area (TPSA) is 50.8 Å². The van der Waals surface area contributed by atoms with Gasteiger partial charge < -0.3 is 19.7 Å². The van der Waals surface area contributed by atoms with Gasteiger partial charge in [0.05, 0.1) is 6.04 Å². The van der Waals surface area contributed by atoms with Gasteiger partial charge in [-0.2, -0.15) is 11.8 Å². The van der Waals surface area contributed by atoms with Crippen molar-refractivity contribution in [1.82, 2.24) is 10.2 Å². The molecule has 2 unspecified atom stereocenters. The number of carbonyl (C=O) groups excluding carboxylic acids is 1. The molecule has 5 nitrogen and oxygen atoms in total. The van der Waals surface area contributed by atoms with E-state index in [-0.39, 0.29) is 24.2 Å². The van der Waals surface area contributed by atoms with Gasteiger partial charge in [0.15, 0.2) is 11.5 Å². The number of hydrogen-bond acceptors (Lipinski definition) is 5. The van der Waals surface area contributed by atoms with Gasteiger partial charge in [0.1, 0.15) is 0 Å². The molecule has 2 saturated heterocycles. The van der Waals surface area contributed by atoms with Gasteiger partial charge in [-0.25, -0.2) is 0 Å². The molecule has 0 aromatic heterocycles. The second kappa shape index (κ2) is 12.1. The first-order valence-electron chi connectivity index (χ1n) is 13.9. The van der Waals surface area contributed by atoms with E-state index in [0.717, 1.165) is 36.7 Å². The summed E-state index contributed by atoms with van der Waals surface area (Å²) in [6.45, 7) is 3.17. The van der Waals surface area contributed by atoms with Gasteiger partial charge in [0, 0.05) is 24.4 Å². The third-order valence-electron chi connectivity index (χ3n) is 8.59. The maximum atomic E-state index is 13.9. The predicted octanol–water partition coefficient (Wildman–Crippen LogP) is 6.03. The molecule has 3 fully saturated rings. The van der Waals surface area contributed by atoms with Crippen LogP contribution in [0.3, 0.4) is 0 Å². The van der Waals surface area contributed by atoms with Crippen LogP contribution in [0.4, 0.5) is 0 Å². The van der Waals surface area contributed by atoms with Crippen molar-refractivity contribution in [3.8, 4) is 11.5 Å². The van der Waals surface area contributed by atoms with Crippen LogP contribution < -0.4 is 14.8 Å². The molecular weight excluding hydrogens is 456 g/mol. The number of benzene rings is 1. The summed E-state index contributed by atoms with van der Waals surface area (Å²) >= 11 is 2.06. The zero-order valence-corrected chi connectivity index (χ0v) is 22.0. The fourth-order valence-electron chi connectivity index (χ4n) is 6.60. The van der Waals surface area contributed by atoms with Crippen molar-refractivity contribution < 1.29 is 14.3 Å². The zero-order chi connectivity index (χ0) is 23.9. The standard InChI is InChI=1S/C29H42N2O3S/c32-28(13-11-23-10-12-25-26(19-23)34-22-33-25)31(21-24-9-8-18-35-24)27-20-30-17-16-29(27)14-6-4-2-1-3-5-7-15-29/h10-13,19,24,27,30H,1-9,14-18,20-22H2/b13-11+. The molecular formula is C29H42N2O3S. The molecule has 3 heterocycles. The summed E-state index contributed by atoms with van der Waals surface area (Å²) in [5.41, 5.74) is 1.24. The fraction of sp³-hybridized carbons (Fsp3) is 0.690. The van der Waals surface area contributed by atoms with Crippen LogP contribution in [-0.4, -0.2) is 54.3 Å². The highest BCUT2D eigenvalue weighted by Gasteiger charge is 2.44. The Morgan fingerprint density at radius 1 is 1.03 bits per heavy atom. The normalized spacial score (nSPS) is 26.7. The molecule has 1 aromatic carbocycles. The average molecular weight is 499 g/mol. The highest BCUT2D eigenvalue weighted by molar-refractivity contribution is 8.00. The number of carbonyl (C=O) groups is 1. The van der Waals surface area contributed by atoms with Crippen LogP contribution >= 0.6 is 11.8 Å². The van der Waals surface area contributed by atoms with Gasteiger partial charge >= 0.3 is 0 Å². The lowest BCUT2D eigenvalue weighted by molar-refractivity contribution is -0.132. The van der Waals surface area contributed by atoms with E-state index in [1.165, 1.54) is 82.8 Å². The number of nitrogens with zero attached hydrogens (tertiary/aromatic N) is 1. The lowest BCUT2D eigenvalue weighted by atomic mass is 9.67. The number of amides is 1. The Morgan fingerprint density at radius 2 is 1.80 bits per heavy atom. The van der Waals surface area contributed by atoms with Crippen LogP contribution in [-0.2, 0) is 4.79 Å². The predicted molar refractivity (Wildman–Crippen MR) is 144 cm³/mol. The van der Waals surface area contributed by atoms with Crippen molar-refractivity contribution in [2.75, 3.05) is 32.2 Å². The maximum Gasteiger partial charge on any atom is 0.246 e. The van der Waals surface area contributed by atoms with Crippen molar-refractivity contribution in [2.45, 2.75) is 88.3 Å². The van der Waals surface area contributed by atoms with Gasteiger partial charge in [0.25, 0.3) is 0 Å². The maximum absolute atomic E-state index is 13.9. The average Bonchev–Trinajstić information content (AvgIpc) is 3.57. The first-order chi connectivity index (χ1) is 17.2. The highest BCUT2D eigenvalue weighted by atomic mass is 32.2. The SMILES string of the molecule is O=C(/C=C/c1ccc2c(c1)OCO2)N(CC1CCCS1)C1CNCCC12CCCCCCCCC2. The molecule has 35 heavy (non-hydrogen) atoms. The Balaban J connectivity index is 1.38. The molecule has 4 aliphatic rings. The lowest BCUT2D eigenvalue weighted by Crippen LogP contribution is -2.60. The number of ether oxygens (including phenoxy) is 2. The van der Waals surface area contributed by atoms with Crippen LogP contribution in [0.5, 0.6) is 11.5 Å². The van der Waals surface area contributed by atoms with Crippen LogP contribution in [0, 0.1) is 5.41 Å². The summed E-state index contributed by atoms with van der Waals surface area (Å²) in [6.07, 6.45) is 19.5. The number of fused-ring (bicyclic) bond motifs is 1. The molecule has 1 aliphatic carbocycles. The molecule has 6 heteroatoms. The fourth-order valence-corrected chi connectivity index (χ4v) is 7.87. The molecule has 1 spiro atoms. The number of hydrogen-bond donors (Lipinski definition) is 1. The summed E-state index contributed by atoms with van der Waals surface area (Å²) in [5, 5.41) is 4.24. The number of rotatable bonds is 5. The molecule has 3 aliphatic heterocycles. The summed E-state index contributed by atoms with van der Waals surface area (Å²) in [6, 6.07) is 6.18. The lowest BCUT2D eigenvalue weighted by Gasteiger charge is -2.50. The number of piperidine rings is 1. The van der Waals surface area contributed by atoms with E-state index < -0.39 is 0 Å². The van der Waals surface area contributed by atoms with Gasteiger partial charge in [0.2, 0.25) is 12.7 Å². The summed E-state index contributed by atoms with van der Waals surface area (Å²) in [7, 11) is 0. The molecule has 0 bridgehead atoms. The first kappa shape index (κ1) is 25.0. The van der Waals surface area contributed by atoms with Gasteiger partial charge in [-0.1, -0.05) is 51.0 Å². The Kier molecular flexibility index (Phi) is 8.61. The molecule has 5 rings (SSSR count). The molecule has 1 amide bonds. The second-order valence-electron chi connectivity index (χ2n) is 10.9. The van der Waals surface area contributed by atoms with Crippen LogP contribution in [0.15, 0.2) is 24.3 Å². The minimum atomic E-state index is 0.167. The van der Waals surface area contributed by atoms with Crippen molar-refractivity contribution >= 4 is 23.7 Å². The van der Waals surface area contributed by atoms with E-state index in [1.54, 1.807) is 6.08 Å². The molecule has 2 atom stereocenters. The summed E-state index contributed by atoms with van der Waals surface area (Å²) in [5.74, 6) is 2.93. The Morgan fingerprint density at radius 3 is 2.57 bits per heavy atom. The van der Waals surface area contributed by atoms with Crippen LogP contribution in [0.25, 0.3) is 6.08 Å². The monoisotopic (exact) mass is 498 g/mol. The Hall–Kier alpha value is -1.66. The minimum absolute atomic E-state index is 0.167. The molecule has 1 aromatic rings. The number of thioether (sulfide) groups is 1. The van der Waals surface area contributed by atoms with E-state index in [0.29, 0.717) is 5.25 Å². The smallest absolute Gasteiger partial charge is 0.246 e.